The third-order valence-corrected chi connectivity index (χ3v) is 3.92. The third kappa shape index (κ3) is 3.16. The van der Waals surface area contributed by atoms with E-state index in [1.165, 1.54) is 0 Å². The van der Waals surface area contributed by atoms with Crippen LogP contribution >= 0.6 is 0 Å². The van der Waals surface area contributed by atoms with Gasteiger partial charge in [-0.05, 0) is 37.3 Å². The lowest BCUT2D eigenvalue weighted by Crippen LogP contribution is -2.45. The Hall–Kier alpha value is -1.35. The maximum absolute atomic E-state index is 12.4. The highest BCUT2D eigenvalue weighted by molar-refractivity contribution is 5.88. The van der Waals surface area contributed by atoms with Crippen molar-refractivity contribution in [3.63, 3.8) is 0 Å². The summed E-state index contributed by atoms with van der Waals surface area (Å²) in [7, 11) is 0. The highest BCUT2D eigenvalue weighted by Gasteiger charge is 2.31. The molecule has 1 aromatic rings. The van der Waals surface area contributed by atoms with Crippen molar-refractivity contribution >= 4 is 5.78 Å². The lowest BCUT2D eigenvalue weighted by Gasteiger charge is -2.29. The molecular weight excluding hydrogens is 238 g/mol. The molecular formula is C16H23NO2. The highest BCUT2D eigenvalue weighted by atomic mass is 16.5. The predicted molar refractivity (Wildman–Crippen MR) is 76.4 cm³/mol. The van der Waals surface area contributed by atoms with Crippen LogP contribution in [0.3, 0.4) is 0 Å². The first kappa shape index (κ1) is 14.1. The molecule has 0 bridgehead atoms. The van der Waals surface area contributed by atoms with Crippen LogP contribution < -0.4 is 10.5 Å². The molecule has 3 nitrogen and oxygen atoms in total. The number of nitrogens with two attached hydrogens (primary N) is 1. The number of hydrogen-bond acceptors (Lipinski definition) is 3. The Morgan fingerprint density at radius 1 is 1.47 bits per heavy atom. The van der Waals surface area contributed by atoms with E-state index < -0.39 is 5.54 Å². The molecule has 1 aliphatic heterocycles. The summed E-state index contributed by atoms with van der Waals surface area (Å²) in [6, 6.07) is 7.99. The highest BCUT2D eigenvalue weighted by Crippen LogP contribution is 2.36. The summed E-state index contributed by atoms with van der Waals surface area (Å²) in [6.07, 6.45) is 3.10. The van der Waals surface area contributed by atoms with Crippen LogP contribution in [-0.2, 0) is 4.79 Å². The average Bonchev–Trinajstić information content (AvgIpc) is 2.39. The van der Waals surface area contributed by atoms with Gasteiger partial charge in [0.25, 0.3) is 0 Å². The maximum atomic E-state index is 12.4. The maximum Gasteiger partial charge on any atom is 0.152 e. The van der Waals surface area contributed by atoms with E-state index >= 15 is 0 Å². The van der Waals surface area contributed by atoms with Crippen LogP contribution in [-0.4, -0.2) is 17.9 Å². The molecule has 19 heavy (non-hydrogen) atoms. The number of fused-ring (bicyclic) bond motifs is 1. The fourth-order valence-electron chi connectivity index (χ4n) is 2.74. The number of ketones is 1. The van der Waals surface area contributed by atoms with Crippen LogP contribution in [0, 0.1) is 0 Å². The second-order valence-corrected chi connectivity index (χ2v) is 5.67. The van der Waals surface area contributed by atoms with Gasteiger partial charge in [-0.2, -0.15) is 0 Å². The van der Waals surface area contributed by atoms with E-state index in [1.54, 1.807) is 0 Å². The van der Waals surface area contributed by atoms with E-state index in [2.05, 4.69) is 13.0 Å². The van der Waals surface area contributed by atoms with Crippen LogP contribution in [0.1, 0.15) is 51.0 Å². The number of carbonyl (C=O) groups is 1. The minimum atomic E-state index is -0.692. The first-order valence-corrected chi connectivity index (χ1v) is 7.08. The molecule has 104 valence electrons. The summed E-state index contributed by atoms with van der Waals surface area (Å²) in [5.41, 5.74) is 6.58. The van der Waals surface area contributed by atoms with Crippen molar-refractivity contribution in [2.75, 3.05) is 6.61 Å². The minimum Gasteiger partial charge on any atom is -0.493 e. The standard InChI is InChI=1S/C16H23NO2/c1-3-9-16(2,17)15(18)11-12-8-10-19-14-7-5-4-6-13(12)14/h4-7,12H,3,8-11,17H2,1-2H3. The average molecular weight is 261 g/mol. The van der Waals surface area contributed by atoms with Gasteiger partial charge in [-0.3, -0.25) is 4.79 Å². The van der Waals surface area contributed by atoms with Crippen molar-refractivity contribution in [1.29, 1.82) is 0 Å². The monoisotopic (exact) mass is 261 g/mol. The van der Waals surface area contributed by atoms with Gasteiger partial charge in [-0.15, -0.1) is 0 Å². The number of Topliss-reactive ketones (excluding diaryl/α,β-unsaturated/α-hetero) is 1. The van der Waals surface area contributed by atoms with E-state index in [0.29, 0.717) is 13.0 Å². The van der Waals surface area contributed by atoms with Crippen molar-refractivity contribution in [2.45, 2.75) is 51.0 Å². The Labute approximate surface area is 115 Å². The van der Waals surface area contributed by atoms with Gasteiger partial charge in [0.05, 0.1) is 12.1 Å². The van der Waals surface area contributed by atoms with Crippen molar-refractivity contribution in [2.24, 2.45) is 5.73 Å². The molecule has 3 heteroatoms. The zero-order valence-corrected chi connectivity index (χ0v) is 11.8. The zero-order valence-electron chi connectivity index (χ0n) is 11.8. The summed E-state index contributed by atoms with van der Waals surface area (Å²) >= 11 is 0. The molecule has 0 spiro atoms. The second-order valence-electron chi connectivity index (χ2n) is 5.67. The lowest BCUT2D eigenvalue weighted by molar-refractivity contribution is -0.124. The molecule has 1 heterocycles. The summed E-state index contributed by atoms with van der Waals surface area (Å²) in [4.78, 5) is 12.4. The van der Waals surface area contributed by atoms with Gasteiger partial charge >= 0.3 is 0 Å². The number of carbonyl (C=O) groups excluding carboxylic acids is 1. The lowest BCUT2D eigenvalue weighted by atomic mass is 9.82. The van der Waals surface area contributed by atoms with E-state index in [-0.39, 0.29) is 11.7 Å². The fraction of sp³-hybridized carbons (Fsp3) is 0.562. The van der Waals surface area contributed by atoms with Gasteiger partial charge in [0.1, 0.15) is 5.75 Å². The summed E-state index contributed by atoms with van der Waals surface area (Å²) in [6.45, 7) is 4.59. The van der Waals surface area contributed by atoms with Gasteiger partial charge in [0, 0.05) is 6.42 Å². The molecule has 0 amide bonds. The van der Waals surface area contributed by atoms with Crippen LogP contribution in [0.5, 0.6) is 5.75 Å². The number of benzene rings is 1. The third-order valence-electron chi connectivity index (χ3n) is 3.92. The molecule has 0 saturated heterocycles. The van der Waals surface area contributed by atoms with Crippen LogP contribution in [0.4, 0.5) is 0 Å². The number of hydrogen-bond donors (Lipinski definition) is 1. The van der Waals surface area contributed by atoms with E-state index in [9.17, 15) is 4.79 Å². The van der Waals surface area contributed by atoms with Gasteiger partial charge in [0.2, 0.25) is 0 Å². The molecule has 0 radical (unpaired) electrons. The summed E-state index contributed by atoms with van der Waals surface area (Å²) in [5, 5.41) is 0. The Balaban J connectivity index is 2.11. The van der Waals surface area contributed by atoms with Gasteiger partial charge in [0.15, 0.2) is 5.78 Å². The molecule has 2 N–H and O–H groups in total. The first-order chi connectivity index (χ1) is 9.04. The molecule has 0 aliphatic carbocycles. The molecule has 2 unspecified atom stereocenters. The summed E-state index contributed by atoms with van der Waals surface area (Å²) in [5.74, 6) is 1.33. The molecule has 2 atom stereocenters. The van der Waals surface area contributed by atoms with Crippen molar-refractivity contribution in [1.82, 2.24) is 0 Å². The second kappa shape index (κ2) is 5.74. The Bertz CT molecular complexity index is 454. The number of ether oxygens (including phenoxy) is 1. The quantitative estimate of drug-likeness (QED) is 0.886. The molecule has 2 rings (SSSR count). The zero-order chi connectivity index (χ0) is 13.9. The largest absolute Gasteiger partial charge is 0.493 e. The Kier molecular flexibility index (Phi) is 4.25. The molecule has 0 aromatic heterocycles. The molecule has 1 aliphatic rings. The van der Waals surface area contributed by atoms with E-state index in [0.717, 1.165) is 30.6 Å². The molecule has 1 aromatic carbocycles. The Morgan fingerprint density at radius 2 is 2.21 bits per heavy atom. The van der Waals surface area contributed by atoms with E-state index in [4.69, 9.17) is 10.5 Å². The number of para-hydroxylation sites is 1. The minimum absolute atomic E-state index is 0.163. The van der Waals surface area contributed by atoms with Crippen molar-refractivity contribution < 1.29 is 9.53 Å². The van der Waals surface area contributed by atoms with Gasteiger partial charge in [-0.1, -0.05) is 31.5 Å². The SMILES string of the molecule is CCCC(C)(N)C(=O)CC1CCOc2ccccc21. The summed E-state index contributed by atoms with van der Waals surface area (Å²) < 4.78 is 5.63. The van der Waals surface area contributed by atoms with Crippen molar-refractivity contribution in [3.8, 4) is 5.75 Å². The number of rotatable bonds is 5. The predicted octanol–water partition coefficient (Wildman–Crippen LogP) is 3.03. The van der Waals surface area contributed by atoms with Crippen LogP contribution in [0.15, 0.2) is 24.3 Å². The smallest absolute Gasteiger partial charge is 0.152 e. The molecule has 0 saturated carbocycles. The normalized spacial score (nSPS) is 21.1. The topological polar surface area (TPSA) is 52.3 Å². The fourth-order valence-corrected chi connectivity index (χ4v) is 2.74. The van der Waals surface area contributed by atoms with Gasteiger partial charge < -0.3 is 10.5 Å². The van der Waals surface area contributed by atoms with E-state index in [1.807, 2.05) is 25.1 Å². The van der Waals surface area contributed by atoms with Gasteiger partial charge in [-0.25, -0.2) is 0 Å². The Morgan fingerprint density at radius 3 is 2.95 bits per heavy atom. The van der Waals surface area contributed by atoms with Crippen LogP contribution in [0.25, 0.3) is 0 Å². The first-order valence-electron chi connectivity index (χ1n) is 7.08. The van der Waals surface area contributed by atoms with Crippen LogP contribution in [0.2, 0.25) is 0 Å². The van der Waals surface area contributed by atoms with Crippen molar-refractivity contribution in [3.05, 3.63) is 29.8 Å². The molecule has 0 fully saturated rings.